The molecule has 1 aliphatic rings. The summed E-state index contributed by atoms with van der Waals surface area (Å²) in [6, 6.07) is 16.6. The van der Waals surface area contributed by atoms with Crippen LogP contribution in [0.5, 0.6) is 0 Å². The second-order valence-electron chi connectivity index (χ2n) is 7.76. The molecule has 0 radical (unpaired) electrons. The predicted molar refractivity (Wildman–Crippen MR) is 126 cm³/mol. The molecule has 1 heterocycles. The van der Waals surface area contributed by atoms with E-state index in [0.717, 1.165) is 11.1 Å². The first-order valence-corrected chi connectivity index (χ1v) is 13.1. The van der Waals surface area contributed by atoms with Gasteiger partial charge in [0.15, 0.2) is 0 Å². The van der Waals surface area contributed by atoms with Crippen LogP contribution in [-0.2, 0) is 24.8 Å². The first-order chi connectivity index (χ1) is 16.0. The fourth-order valence-corrected chi connectivity index (χ4v) is 6.33. The minimum atomic E-state index is -4.11. The zero-order valence-electron chi connectivity index (χ0n) is 18.3. The lowest BCUT2D eigenvalue weighted by atomic mass is 10.1. The largest absolute Gasteiger partial charge is 0.325 e. The Hall–Kier alpha value is -3.70. The average molecular weight is 500 g/mol. The van der Waals surface area contributed by atoms with Crippen LogP contribution in [0.1, 0.15) is 21.5 Å². The second kappa shape index (κ2) is 8.58. The zero-order chi connectivity index (χ0) is 24.7. The fourth-order valence-electron chi connectivity index (χ4n) is 3.60. The maximum Gasteiger partial charge on any atom is 0.269 e. The van der Waals surface area contributed by atoms with E-state index in [2.05, 4.69) is 10.0 Å². The third kappa shape index (κ3) is 4.27. The van der Waals surface area contributed by atoms with E-state index in [1.165, 1.54) is 42.5 Å². The van der Waals surface area contributed by atoms with Crippen LogP contribution in [-0.4, -0.2) is 39.5 Å². The molecule has 0 saturated carbocycles. The molecular weight excluding hydrogens is 478 g/mol. The number of carbonyl (C=O) groups is 2. The number of anilines is 2. The Kier molecular flexibility index (Phi) is 5.92. The number of nitrogens with zero attached hydrogens (tertiary/aromatic N) is 1. The van der Waals surface area contributed by atoms with Crippen LogP contribution in [0, 0.1) is 13.8 Å². The number of amides is 2. The van der Waals surface area contributed by atoms with Gasteiger partial charge in [0.1, 0.15) is 11.4 Å². The van der Waals surface area contributed by atoms with Crippen molar-refractivity contribution in [3.63, 3.8) is 0 Å². The highest BCUT2D eigenvalue weighted by Gasteiger charge is 2.41. The molecule has 2 N–H and O–H groups in total. The van der Waals surface area contributed by atoms with E-state index < -0.39 is 38.4 Å². The number of aryl methyl sites for hydroxylation is 2. The number of benzene rings is 3. The van der Waals surface area contributed by atoms with E-state index >= 15 is 0 Å². The molecule has 9 nitrogen and oxygen atoms in total. The Morgan fingerprint density at radius 1 is 0.912 bits per heavy atom. The Morgan fingerprint density at radius 2 is 1.53 bits per heavy atom. The van der Waals surface area contributed by atoms with Crippen molar-refractivity contribution in [3.05, 3.63) is 83.4 Å². The SMILES string of the molecule is Cc1cccc(C)c1NS(=O)(=O)c1ccc(NC(=O)CN2C(=O)c3ccccc3S2(=O)=O)cc1. The smallest absolute Gasteiger partial charge is 0.269 e. The number of para-hydroxylation sites is 1. The first kappa shape index (κ1) is 23.5. The Labute approximate surface area is 197 Å². The van der Waals surface area contributed by atoms with E-state index in [1.54, 1.807) is 32.0 Å². The molecule has 11 heteroatoms. The van der Waals surface area contributed by atoms with E-state index in [9.17, 15) is 26.4 Å². The lowest BCUT2D eigenvalue weighted by molar-refractivity contribution is -0.116. The maximum atomic E-state index is 12.8. The Balaban J connectivity index is 1.46. The van der Waals surface area contributed by atoms with Crippen molar-refractivity contribution in [1.29, 1.82) is 0 Å². The molecule has 1 aliphatic heterocycles. The summed E-state index contributed by atoms with van der Waals surface area (Å²) in [6.45, 7) is 2.89. The highest BCUT2D eigenvalue weighted by Crippen LogP contribution is 2.30. The van der Waals surface area contributed by atoms with Gasteiger partial charge in [-0.3, -0.25) is 14.3 Å². The molecule has 0 fully saturated rings. The van der Waals surface area contributed by atoms with Crippen LogP contribution in [0.2, 0.25) is 0 Å². The predicted octanol–water partition coefficient (Wildman–Crippen LogP) is 2.89. The molecule has 176 valence electrons. The number of rotatable bonds is 6. The van der Waals surface area contributed by atoms with Crippen LogP contribution < -0.4 is 10.0 Å². The van der Waals surface area contributed by atoms with Crippen LogP contribution >= 0.6 is 0 Å². The molecule has 3 aromatic rings. The van der Waals surface area contributed by atoms with Crippen LogP contribution in [0.15, 0.2) is 76.5 Å². The monoisotopic (exact) mass is 499 g/mol. The number of carbonyl (C=O) groups excluding carboxylic acids is 2. The van der Waals surface area contributed by atoms with Crippen molar-refractivity contribution in [3.8, 4) is 0 Å². The summed E-state index contributed by atoms with van der Waals surface area (Å²) in [5.74, 6) is -1.52. The average Bonchev–Trinajstić information content (AvgIpc) is 2.98. The van der Waals surface area contributed by atoms with Gasteiger partial charge < -0.3 is 5.32 Å². The molecule has 0 bridgehead atoms. The van der Waals surface area contributed by atoms with Gasteiger partial charge in [-0.1, -0.05) is 30.3 Å². The number of hydrogen-bond acceptors (Lipinski definition) is 6. The van der Waals surface area contributed by atoms with Crippen molar-refractivity contribution in [1.82, 2.24) is 4.31 Å². The zero-order valence-corrected chi connectivity index (χ0v) is 19.9. The summed E-state index contributed by atoms with van der Waals surface area (Å²) < 4.78 is 53.8. The number of fused-ring (bicyclic) bond motifs is 1. The molecule has 2 amide bonds. The molecule has 4 rings (SSSR count). The van der Waals surface area contributed by atoms with E-state index in [4.69, 9.17) is 0 Å². The van der Waals surface area contributed by atoms with Gasteiger partial charge in [-0.25, -0.2) is 21.1 Å². The topological polar surface area (TPSA) is 130 Å². The number of nitrogens with one attached hydrogen (secondary N) is 2. The molecule has 34 heavy (non-hydrogen) atoms. The molecule has 0 aliphatic carbocycles. The fraction of sp³-hybridized carbons (Fsp3) is 0.130. The number of sulfonamides is 2. The van der Waals surface area contributed by atoms with E-state index in [1.807, 2.05) is 6.07 Å². The molecule has 0 unspecified atom stereocenters. The Bertz CT molecular complexity index is 1490. The highest BCUT2D eigenvalue weighted by molar-refractivity contribution is 7.92. The van der Waals surface area contributed by atoms with Crippen LogP contribution in [0.3, 0.4) is 0 Å². The van der Waals surface area contributed by atoms with E-state index in [0.29, 0.717) is 9.99 Å². The van der Waals surface area contributed by atoms with Gasteiger partial charge in [-0.15, -0.1) is 0 Å². The van der Waals surface area contributed by atoms with Crippen molar-refractivity contribution in [2.75, 3.05) is 16.6 Å². The minimum absolute atomic E-state index is 0.0131. The van der Waals surface area contributed by atoms with Gasteiger partial charge in [-0.05, 0) is 61.4 Å². The summed E-state index contributed by atoms with van der Waals surface area (Å²) in [7, 11) is -7.98. The van der Waals surface area contributed by atoms with Crippen molar-refractivity contribution >= 4 is 43.2 Å². The van der Waals surface area contributed by atoms with Crippen molar-refractivity contribution < 1.29 is 26.4 Å². The van der Waals surface area contributed by atoms with E-state index in [-0.39, 0.29) is 21.0 Å². The quantitative estimate of drug-likeness (QED) is 0.536. The first-order valence-electron chi connectivity index (χ1n) is 10.2. The van der Waals surface area contributed by atoms with Gasteiger partial charge in [0, 0.05) is 5.69 Å². The van der Waals surface area contributed by atoms with Crippen molar-refractivity contribution in [2.45, 2.75) is 23.6 Å². The lowest BCUT2D eigenvalue weighted by Gasteiger charge is -2.15. The van der Waals surface area contributed by atoms with Gasteiger partial charge in [0.2, 0.25) is 5.91 Å². The number of hydrogen-bond donors (Lipinski definition) is 2. The van der Waals surface area contributed by atoms with Crippen LogP contribution in [0.4, 0.5) is 11.4 Å². The van der Waals surface area contributed by atoms with Crippen LogP contribution in [0.25, 0.3) is 0 Å². The molecule has 0 saturated heterocycles. The molecular formula is C23H21N3O6S2. The second-order valence-corrected chi connectivity index (χ2v) is 11.3. The normalized spacial score (nSPS) is 14.5. The third-order valence-electron chi connectivity index (χ3n) is 5.37. The summed E-state index contributed by atoms with van der Waals surface area (Å²) >= 11 is 0. The molecule has 3 aromatic carbocycles. The minimum Gasteiger partial charge on any atom is -0.325 e. The summed E-state index contributed by atoms with van der Waals surface area (Å²) in [5, 5.41) is 2.49. The summed E-state index contributed by atoms with van der Waals surface area (Å²) in [5.41, 5.74) is 2.32. The lowest BCUT2D eigenvalue weighted by Crippen LogP contribution is -2.37. The van der Waals surface area contributed by atoms with Crippen molar-refractivity contribution in [2.24, 2.45) is 0 Å². The molecule has 0 spiro atoms. The maximum absolute atomic E-state index is 12.8. The Morgan fingerprint density at radius 3 is 2.15 bits per heavy atom. The standard InChI is InChI=1S/C23H21N3O6S2/c1-15-6-5-7-16(2)22(15)25-33(29,30)18-12-10-17(11-13-18)24-21(27)14-26-23(28)19-8-3-4-9-20(19)34(26,31)32/h3-13,25H,14H2,1-2H3,(H,24,27). The molecule has 0 atom stereocenters. The summed E-state index contributed by atoms with van der Waals surface area (Å²) in [6.07, 6.45) is 0. The van der Waals surface area contributed by atoms with Gasteiger partial charge in [0.25, 0.3) is 26.0 Å². The van der Waals surface area contributed by atoms with Gasteiger partial charge in [0.05, 0.1) is 16.1 Å². The molecule has 0 aromatic heterocycles. The van der Waals surface area contributed by atoms with Gasteiger partial charge in [-0.2, -0.15) is 0 Å². The highest BCUT2D eigenvalue weighted by atomic mass is 32.2. The third-order valence-corrected chi connectivity index (χ3v) is 8.52. The van der Waals surface area contributed by atoms with Gasteiger partial charge >= 0.3 is 0 Å². The summed E-state index contributed by atoms with van der Waals surface area (Å²) in [4.78, 5) is 24.7.